The summed E-state index contributed by atoms with van der Waals surface area (Å²) in [6.45, 7) is 2.13. The number of fused-ring (bicyclic) bond motifs is 4. The Hall–Kier alpha value is -3.90. The smallest absolute Gasteiger partial charge is 0.216 e. The van der Waals surface area contributed by atoms with Gasteiger partial charge in [0.2, 0.25) is 5.69 Å². The van der Waals surface area contributed by atoms with E-state index in [0.29, 0.717) is 5.56 Å². The van der Waals surface area contributed by atoms with E-state index in [0.717, 1.165) is 88.4 Å². The van der Waals surface area contributed by atoms with E-state index in [4.69, 9.17) is 4.42 Å². The molecule has 5 aromatic rings. The molecule has 3 aromatic carbocycles. The van der Waals surface area contributed by atoms with Crippen molar-refractivity contribution in [1.82, 2.24) is 0 Å². The minimum Gasteiger partial charge on any atom is -0.454 e. The van der Waals surface area contributed by atoms with Crippen LogP contribution in [0.3, 0.4) is 0 Å². The number of pyridine rings is 1. The molecule has 2 aliphatic carbocycles. The van der Waals surface area contributed by atoms with E-state index in [1.165, 1.54) is 29.5 Å². The molecule has 1 saturated carbocycles. The Morgan fingerprint density at radius 2 is 1.68 bits per heavy atom. The van der Waals surface area contributed by atoms with E-state index < -0.39 is 5.89 Å². The first kappa shape index (κ1) is 22.1. The van der Waals surface area contributed by atoms with Crippen LogP contribution in [0.1, 0.15) is 73.6 Å². The Balaban J connectivity index is 1.54. The Morgan fingerprint density at radius 1 is 0.921 bits per heavy atom. The normalized spacial score (nSPS) is 16.9. The van der Waals surface area contributed by atoms with Crippen LogP contribution in [0.15, 0.2) is 65.2 Å². The van der Waals surface area contributed by atoms with Crippen LogP contribution in [-0.2, 0) is 19.9 Å². The minimum atomic E-state index is -0.529. The number of aryl methyl sites for hydroxylation is 3. The van der Waals surface area contributed by atoms with Crippen LogP contribution in [0.25, 0.3) is 44.3 Å². The predicted octanol–water partition coefficient (Wildman–Crippen LogP) is 8.46. The highest BCUT2D eigenvalue weighted by Crippen LogP contribution is 2.45. The fraction of sp³-hybridized carbons (Fsp3) is 0.314. The molecular formula is C35H33N2O+. The zero-order valence-electron chi connectivity index (χ0n) is 23.2. The number of aromatic nitrogens is 1. The third-order valence-electron chi connectivity index (χ3n) is 8.79. The van der Waals surface area contributed by atoms with E-state index in [2.05, 4.69) is 67.2 Å². The van der Waals surface area contributed by atoms with Crippen LogP contribution in [0.5, 0.6) is 0 Å². The fourth-order valence-electron chi connectivity index (χ4n) is 6.88. The quantitative estimate of drug-likeness (QED) is 0.234. The number of nitriles is 1. The molecule has 3 heteroatoms. The number of benzene rings is 3. The molecule has 3 nitrogen and oxygen atoms in total. The van der Waals surface area contributed by atoms with E-state index in [9.17, 15) is 6.63 Å². The third-order valence-corrected chi connectivity index (χ3v) is 8.79. The number of hydrogen-bond acceptors (Lipinski definition) is 2. The molecule has 2 aromatic heterocycles. The lowest BCUT2D eigenvalue weighted by Gasteiger charge is -2.24. The number of furan rings is 1. The first-order valence-corrected chi connectivity index (χ1v) is 14.0. The first-order chi connectivity index (χ1) is 19.0. The van der Waals surface area contributed by atoms with Crippen LogP contribution < -0.4 is 4.57 Å². The van der Waals surface area contributed by atoms with Crippen molar-refractivity contribution in [3.63, 3.8) is 0 Å². The summed E-state index contributed by atoms with van der Waals surface area (Å²) in [5.74, 6) is -0.529. The van der Waals surface area contributed by atoms with Gasteiger partial charge < -0.3 is 4.42 Å². The monoisotopic (exact) mass is 498 g/mol. The van der Waals surface area contributed by atoms with Crippen molar-refractivity contribution in [1.29, 1.82) is 5.26 Å². The molecule has 2 heterocycles. The van der Waals surface area contributed by atoms with E-state index in [1.807, 2.05) is 18.2 Å². The van der Waals surface area contributed by atoms with Gasteiger partial charge in [0.1, 0.15) is 18.2 Å². The van der Waals surface area contributed by atoms with Gasteiger partial charge in [-0.1, -0.05) is 37.1 Å². The fourth-order valence-corrected chi connectivity index (χ4v) is 6.88. The van der Waals surface area contributed by atoms with Crippen molar-refractivity contribution >= 4 is 21.9 Å². The molecule has 2 aliphatic rings. The summed E-state index contributed by atoms with van der Waals surface area (Å²) in [7, 11) is 2.06. The summed E-state index contributed by atoms with van der Waals surface area (Å²) >= 11 is 0. The second-order valence-corrected chi connectivity index (χ2v) is 11.1. The van der Waals surface area contributed by atoms with E-state index in [1.54, 1.807) is 0 Å². The maximum atomic E-state index is 10.3. The molecule has 0 amide bonds. The van der Waals surface area contributed by atoms with Gasteiger partial charge >= 0.3 is 0 Å². The molecule has 38 heavy (non-hydrogen) atoms. The molecule has 188 valence electrons. The maximum Gasteiger partial charge on any atom is 0.216 e. The maximum absolute atomic E-state index is 10.3. The second kappa shape index (κ2) is 9.14. The first-order valence-electron chi connectivity index (χ1n) is 14.5. The Bertz CT molecular complexity index is 1820. The van der Waals surface area contributed by atoms with Crippen molar-refractivity contribution < 1.29 is 10.4 Å². The van der Waals surface area contributed by atoms with Gasteiger partial charge in [0.15, 0.2) is 6.20 Å². The molecule has 1 fully saturated rings. The highest BCUT2D eigenvalue weighted by molar-refractivity contribution is 6.14. The molecule has 7 rings (SSSR count). The summed E-state index contributed by atoms with van der Waals surface area (Å²) in [4.78, 5) is 0. The summed E-state index contributed by atoms with van der Waals surface area (Å²) in [5.41, 5.74) is 11.4. The molecule has 0 aliphatic heterocycles. The second-order valence-electron chi connectivity index (χ2n) is 11.1. The average Bonchev–Trinajstić information content (AvgIpc) is 3.56. The summed E-state index contributed by atoms with van der Waals surface area (Å²) < 4.78 is 18.4. The molecule has 0 bridgehead atoms. The van der Waals surface area contributed by atoms with E-state index in [-0.39, 0.29) is 0 Å². The lowest BCUT2D eigenvalue weighted by atomic mass is 9.80. The van der Waals surface area contributed by atoms with Gasteiger partial charge in [0, 0.05) is 29.8 Å². The van der Waals surface area contributed by atoms with Crippen molar-refractivity contribution in [3.05, 3.63) is 88.6 Å². The van der Waals surface area contributed by atoms with Gasteiger partial charge in [0.25, 0.3) is 0 Å². The van der Waals surface area contributed by atoms with Crippen molar-refractivity contribution in [2.45, 2.75) is 64.2 Å². The summed E-state index contributed by atoms with van der Waals surface area (Å²) in [5, 5.41) is 12.4. The molecule has 0 spiro atoms. The number of rotatable bonds is 3. The lowest BCUT2D eigenvalue weighted by Crippen LogP contribution is -2.30. The van der Waals surface area contributed by atoms with Gasteiger partial charge in [0.05, 0.1) is 17.2 Å². The SMILES string of the molecule is [2H]C1(c2cc(-c3c(C#N)ccc4c3oc3c(-c5cccc[n+]5C)c(C)ccc34)cc3c2CCCC3)CCCC1. The summed E-state index contributed by atoms with van der Waals surface area (Å²) in [6.07, 6.45) is 10.6. The Kier molecular flexibility index (Phi) is 5.32. The van der Waals surface area contributed by atoms with Crippen LogP contribution in [0.2, 0.25) is 0 Å². The zero-order valence-corrected chi connectivity index (χ0v) is 22.2. The molecule has 0 unspecified atom stereocenters. The molecule has 0 saturated heterocycles. The third kappa shape index (κ3) is 3.58. The largest absolute Gasteiger partial charge is 0.454 e. The highest BCUT2D eigenvalue weighted by Gasteiger charge is 2.27. The van der Waals surface area contributed by atoms with Crippen LogP contribution in [-0.4, -0.2) is 0 Å². The van der Waals surface area contributed by atoms with Gasteiger partial charge in [-0.15, -0.1) is 0 Å². The van der Waals surface area contributed by atoms with E-state index >= 15 is 0 Å². The predicted molar refractivity (Wildman–Crippen MR) is 153 cm³/mol. The average molecular weight is 499 g/mol. The van der Waals surface area contributed by atoms with Crippen LogP contribution in [0, 0.1) is 18.3 Å². The molecule has 0 N–H and O–H groups in total. The standard InChI is InChI=1S/C35H33N2O/c1-22-14-16-28-29-17-15-25(21-36)33(35(29)38-34(28)32(22)31-13-7-8-18-37(31)2)26-19-24-11-5-6-12-27(24)30(20-26)23-9-3-4-10-23/h7-8,13-20,23H,3-6,9-12H2,1-2H3/q+1/i23D. The van der Waals surface area contributed by atoms with Gasteiger partial charge in [-0.25, -0.2) is 4.57 Å². The minimum absolute atomic E-state index is 0.529. The number of hydrogen-bond donors (Lipinski definition) is 0. The number of nitrogens with zero attached hydrogens (tertiary/aromatic N) is 2. The Labute approximate surface area is 225 Å². The molecular weight excluding hydrogens is 464 g/mol. The zero-order chi connectivity index (χ0) is 26.7. The highest BCUT2D eigenvalue weighted by atomic mass is 16.3. The van der Waals surface area contributed by atoms with Gasteiger partial charge in [-0.05, 0) is 97.4 Å². The van der Waals surface area contributed by atoms with Crippen molar-refractivity contribution in [3.8, 4) is 28.5 Å². The molecule has 0 atom stereocenters. The molecule has 0 radical (unpaired) electrons. The van der Waals surface area contributed by atoms with Crippen LogP contribution in [0.4, 0.5) is 0 Å². The van der Waals surface area contributed by atoms with Gasteiger partial charge in [-0.3, -0.25) is 0 Å². The lowest BCUT2D eigenvalue weighted by molar-refractivity contribution is -0.660. The van der Waals surface area contributed by atoms with Crippen LogP contribution >= 0.6 is 0 Å². The van der Waals surface area contributed by atoms with Crippen molar-refractivity contribution in [2.24, 2.45) is 7.05 Å². The Morgan fingerprint density at radius 3 is 2.47 bits per heavy atom. The summed E-state index contributed by atoms with van der Waals surface area (Å²) in [6, 6.07) is 21.5. The van der Waals surface area contributed by atoms with Gasteiger partial charge in [-0.2, -0.15) is 5.26 Å². The van der Waals surface area contributed by atoms with Crippen molar-refractivity contribution in [2.75, 3.05) is 0 Å². The topological polar surface area (TPSA) is 40.8 Å².